The van der Waals surface area contributed by atoms with Gasteiger partial charge in [0.25, 0.3) is 0 Å². The Morgan fingerprint density at radius 2 is 1.40 bits per heavy atom. The van der Waals surface area contributed by atoms with Crippen molar-refractivity contribution in [2.45, 2.75) is 13.3 Å². The van der Waals surface area contributed by atoms with Gasteiger partial charge in [-0.3, -0.25) is 9.59 Å². The molecule has 0 aliphatic heterocycles. The maximum atomic E-state index is 10.3. The molecule has 0 aliphatic rings. The van der Waals surface area contributed by atoms with Crippen LogP contribution in [0, 0.1) is 5.41 Å². The maximum Gasteiger partial charge on any atom is 0.150 e. The zero-order valence-corrected chi connectivity index (χ0v) is 12.0. The van der Waals surface area contributed by atoms with Gasteiger partial charge in [0.15, 0.2) is 0 Å². The van der Waals surface area contributed by atoms with E-state index in [1.54, 1.807) is 0 Å². The number of aliphatic hydroxyl groups is 3. The van der Waals surface area contributed by atoms with Crippen molar-refractivity contribution in [2.24, 2.45) is 5.41 Å². The van der Waals surface area contributed by atoms with Gasteiger partial charge in [-0.25, -0.2) is 0 Å². The Labute approximate surface area is 122 Å². The topological polar surface area (TPSA) is 94.8 Å². The number of hydrogen-bond donors (Lipinski definition) is 3. The van der Waals surface area contributed by atoms with Gasteiger partial charge in [-0.15, -0.1) is 0 Å². The molecular formula is C14H19ClO5. The number of rotatable bonds is 6. The van der Waals surface area contributed by atoms with Gasteiger partial charge < -0.3 is 15.3 Å². The molecule has 0 unspecified atom stereocenters. The van der Waals surface area contributed by atoms with Crippen LogP contribution in [-0.4, -0.2) is 47.7 Å². The minimum absolute atomic E-state index is 0.156. The molecule has 1 aromatic carbocycles. The second-order valence-electron chi connectivity index (χ2n) is 4.38. The Balaban J connectivity index is 0.000000370. The Morgan fingerprint density at radius 1 is 1.00 bits per heavy atom. The van der Waals surface area contributed by atoms with Gasteiger partial charge in [-0.2, -0.15) is 0 Å². The molecular weight excluding hydrogens is 284 g/mol. The van der Waals surface area contributed by atoms with Crippen LogP contribution in [0.1, 0.15) is 34.1 Å². The summed E-state index contributed by atoms with van der Waals surface area (Å²) in [5.41, 5.74) is 0.166. The summed E-state index contributed by atoms with van der Waals surface area (Å²) >= 11 is 5.59. The van der Waals surface area contributed by atoms with Crippen molar-refractivity contribution in [3.63, 3.8) is 0 Å². The van der Waals surface area contributed by atoms with Gasteiger partial charge in [0.1, 0.15) is 12.6 Å². The molecule has 0 saturated heterocycles. The fraction of sp³-hybridized carbons (Fsp3) is 0.429. The Hall–Kier alpha value is -1.27. The molecule has 0 amide bonds. The largest absolute Gasteiger partial charge is 0.396 e. The number of hydrogen-bond acceptors (Lipinski definition) is 5. The zero-order chi connectivity index (χ0) is 15.6. The van der Waals surface area contributed by atoms with Crippen molar-refractivity contribution in [1.82, 2.24) is 0 Å². The Bertz CT molecular complexity index is 386. The number of halogens is 1. The third kappa shape index (κ3) is 5.79. The molecule has 3 N–H and O–H groups in total. The van der Waals surface area contributed by atoms with Crippen LogP contribution in [0.15, 0.2) is 18.2 Å². The molecule has 0 radical (unpaired) electrons. The first-order valence-corrected chi connectivity index (χ1v) is 6.42. The second kappa shape index (κ2) is 9.61. The van der Waals surface area contributed by atoms with E-state index in [0.29, 0.717) is 35.1 Å². The number of carbonyl (C=O) groups is 2. The maximum absolute atomic E-state index is 10.3. The summed E-state index contributed by atoms with van der Waals surface area (Å²) in [6.07, 6.45) is 1.90. The highest BCUT2D eigenvalue weighted by Gasteiger charge is 2.24. The molecule has 0 fully saturated rings. The van der Waals surface area contributed by atoms with E-state index >= 15 is 0 Å². The van der Waals surface area contributed by atoms with Crippen molar-refractivity contribution >= 4 is 24.2 Å². The van der Waals surface area contributed by atoms with E-state index in [9.17, 15) is 9.59 Å². The molecule has 0 atom stereocenters. The number of aliphatic hydroxyl groups excluding tert-OH is 3. The second-order valence-corrected chi connectivity index (χ2v) is 4.82. The Kier molecular flexibility index (Phi) is 9.00. The van der Waals surface area contributed by atoms with E-state index in [1.165, 1.54) is 18.2 Å². The number of aldehydes is 2. The van der Waals surface area contributed by atoms with Crippen molar-refractivity contribution in [3.8, 4) is 0 Å². The predicted molar refractivity (Wildman–Crippen MR) is 76.2 cm³/mol. The summed E-state index contributed by atoms with van der Waals surface area (Å²) in [7, 11) is 0. The molecule has 6 heteroatoms. The lowest BCUT2D eigenvalue weighted by Crippen LogP contribution is -2.32. The minimum Gasteiger partial charge on any atom is -0.396 e. The SMILES string of the molecule is CCC(CO)(CO)CO.O=Cc1cc(Cl)cc(C=O)c1. The van der Waals surface area contributed by atoms with Crippen LogP contribution >= 0.6 is 11.6 Å². The van der Waals surface area contributed by atoms with Crippen molar-refractivity contribution in [3.05, 3.63) is 34.3 Å². The average Bonchev–Trinajstić information content (AvgIpc) is 2.50. The van der Waals surface area contributed by atoms with E-state index in [0.717, 1.165) is 0 Å². The summed E-state index contributed by atoms with van der Waals surface area (Å²) in [6, 6.07) is 4.48. The molecule has 1 aromatic rings. The van der Waals surface area contributed by atoms with E-state index < -0.39 is 5.41 Å². The highest BCUT2D eigenvalue weighted by atomic mass is 35.5. The summed E-state index contributed by atoms with van der Waals surface area (Å²) in [6.45, 7) is 1.35. The lowest BCUT2D eigenvalue weighted by Gasteiger charge is -2.24. The van der Waals surface area contributed by atoms with E-state index in [-0.39, 0.29) is 19.8 Å². The van der Waals surface area contributed by atoms with Crippen molar-refractivity contribution in [2.75, 3.05) is 19.8 Å². The van der Waals surface area contributed by atoms with Crippen LogP contribution in [0.3, 0.4) is 0 Å². The summed E-state index contributed by atoms with van der Waals surface area (Å²) < 4.78 is 0. The lowest BCUT2D eigenvalue weighted by atomic mass is 9.88. The zero-order valence-electron chi connectivity index (χ0n) is 11.3. The highest BCUT2D eigenvalue weighted by molar-refractivity contribution is 6.31. The quantitative estimate of drug-likeness (QED) is 0.689. The molecule has 5 nitrogen and oxygen atoms in total. The normalized spacial score (nSPS) is 10.4. The van der Waals surface area contributed by atoms with Crippen LogP contribution < -0.4 is 0 Å². The molecule has 0 bridgehead atoms. The lowest BCUT2D eigenvalue weighted by molar-refractivity contribution is 0.00304. The summed E-state index contributed by atoms with van der Waals surface area (Å²) in [4.78, 5) is 20.5. The number of carbonyl (C=O) groups excluding carboxylic acids is 2. The molecule has 0 spiro atoms. The Morgan fingerprint density at radius 3 is 1.60 bits per heavy atom. The smallest absolute Gasteiger partial charge is 0.150 e. The highest BCUT2D eigenvalue weighted by Crippen LogP contribution is 2.18. The van der Waals surface area contributed by atoms with Gasteiger partial charge in [0.2, 0.25) is 0 Å². The van der Waals surface area contributed by atoms with Crippen LogP contribution in [0.2, 0.25) is 5.02 Å². The van der Waals surface area contributed by atoms with Crippen LogP contribution in [-0.2, 0) is 0 Å². The molecule has 0 aromatic heterocycles. The molecule has 112 valence electrons. The third-order valence-electron chi connectivity index (χ3n) is 2.97. The molecule has 20 heavy (non-hydrogen) atoms. The first kappa shape index (κ1) is 18.7. The van der Waals surface area contributed by atoms with Gasteiger partial charge in [0, 0.05) is 21.6 Å². The van der Waals surface area contributed by atoms with E-state index in [1.807, 2.05) is 6.92 Å². The molecule has 1 rings (SSSR count). The summed E-state index contributed by atoms with van der Waals surface area (Å²) in [5, 5.41) is 26.4. The van der Waals surface area contributed by atoms with Gasteiger partial charge in [0.05, 0.1) is 19.8 Å². The first-order chi connectivity index (χ1) is 9.50. The van der Waals surface area contributed by atoms with E-state index in [2.05, 4.69) is 0 Å². The van der Waals surface area contributed by atoms with Crippen molar-refractivity contribution in [1.29, 1.82) is 0 Å². The fourth-order valence-electron chi connectivity index (χ4n) is 1.26. The van der Waals surface area contributed by atoms with Crippen molar-refractivity contribution < 1.29 is 24.9 Å². The molecule has 0 saturated carbocycles. The van der Waals surface area contributed by atoms with Crippen LogP contribution in [0.5, 0.6) is 0 Å². The van der Waals surface area contributed by atoms with Gasteiger partial charge in [-0.05, 0) is 24.6 Å². The monoisotopic (exact) mass is 302 g/mol. The summed E-state index contributed by atoms with van der Waals surface area (Å²) in [5.74, 6) is 0. The number of benzene rings is 1. The van der Waals surface area contributed by atoms with E-state index in [4.69, 9.17) is 26.9 Å². The average molecular weight is 303 g/mol. The van der Waals surface area contributed by atoms with Crippen LogP contribution in [0.25, 0.3) is 0 Å². The predicted octanol–water partition coefficient (Wildman–Crippen LogP) is 1.32. The van der Waals surface area contributed by atoms with Crippen LogP contribution in [0.4, 0.5) is 0 Å². The molecule has 0 aliphatic carbocycles. The molecule has 0 heterocycles. The fourth-order valence-corrected chi connectivity index (χ4v) is 1.51. The van der Waals surface area contributed by atoms with Gasteiger partial charge >= 0.3 is 0 Å². The standard InChI is InChI=1S/C8H5ClO2.C6H14O3/c9-8-2-6(4-10)1-7(3-8)5-11;1-2-6(3-7,4-8)5-9/h1-5H;7-9H,2-5H2,1H3. The third-order valence-corrected chi connectivity index (χ3v) is 3.19. The first-order valence-electron chi connectivity index (χ1n) is 6.04. The van der Waals surface area contributed by atoms with Gasteiger partial charge in [-0.1, -0.05) is 18.5 Å². The minimum atomic E-state index is -0.667.